The number of aryl methyl sites for hydroxylation is 2. The van der Waals surface area contributed by atoms with Gasteiger partial charge in [0.05, 0.1) is 16.1 Å². The van der Waals surface area contributed by atoms with Crippen molar-refractivity contribution in [3.63, 3.8) is 0 Å². The Morgan fingerprint density at radius 1 is 0.931 bits per heavy atom. The molecule has 29 heavy (non-hydrogen) atoms. The molecule has 4 rings (SSSR count). The van der Waals surface area contributed by atoms with Crippen molar-refractivity contribution in [2.24, 2.45) is 0 Å². The number of fused-ring (bicyclic) bond motifs is 2. The summed E-state index contributed by atoms with van der Waals surface area (Å²) in [5, 5.41) is 0. The van der Waals surface area contributed by atoms with E-state index in [4.69, 9.17) is 4.74 Å². The molecule has 1 amide bonds. The Bertz CT molecular complexity index is 1240. The Kier molecular flexibility index (Phi) is 4.55. The molecule has 0 saturated carbocycles. The summed E-state index contributed by atoms with van der Waals surface area (Å²) in [7, 11) is -2.14. The fraction of sp³-hybridized carbons (Fsp3) is 0.136. The topological polar surface area (TPSA) is 75.7 Å². The molecule has 0 bridgehead atoms. The van der Waals surface area contributed by atoms with Gasteiger partial charge < -0.3 is 9.64 Å². The molecule has 0 spiro atoms. The summed E-state index contributed by atoms with van der Waals surface area (Å²) in [5.41, 5.74) is 2.71. The van der Waals surface area contributed by atoms with Crippen molar-refractivity contribution < 1.29 is 17.9 Å². The van der Waals surface area contributed by atoms with Gasteiger partial charge in [0.2, 0.25) is 0 Å². The molecule has 1 N–H and O–H groups in total. The standard InChI is InChI=1S/C22H20N2O4S/c1-14-8-9-15(2)21(12-14)29(26,27)23-16-10-11-19-17(13-16)22(25)24(3)18-6-4-5-7-20(18)28-19/h4-13,23H,1-3H3. The van der Waals surface area contributed by atoms with Crippen LogP contribution in [0.3, 0.4) is 0 Å². The molecule has 6 nitrogen and oxygen atoms in total. The van der Waals surface area contributed by atoms with Crippen molar-refractivity contribution in [3.8, 4) is 11.5 Å². The molecule has 0 aliphatic carbocycles. The van der Waals surface area contributed by atoms with E-state index < -0.39 is 10.0 Å². The minimum atomic E-state index is -3.80. The Labute approximate surface area is 169 Å². The molecule has 0 atom stereocenters. The van der Waals surface area contributed by atoms with Gasteiger partial charge in [-0.15, -0.1) is 0 Å². The van der Waals surface area contributed by atoms with Gasteiger partial charge in [-0.05, 0) is 61.4 Å². The lowest BCUT2D eigenvalue weighted by atomic mass is 10.1. The lowest BCUT2D eigenvalue weighted by Gasteiger charge is -2.16. The number of sulfonamides is 1. The maximum absolute atomic E-state index is 13.0. The summed E-state index contributed by atoms with van der Waals surface area (Å²) >= 11 is 0. The molecule has 0 unspecified atom stereocenters. The number of rotatable bonds is 3. The number of para-hydroxylation sites is 2. The van der Waals surface area contributed by atoms with Gasteiger partial charge in [-0.25, -0.2) is 8.42 Å². The van der Waals surface area contributed by atoms with Crippen molar-refractivity contribution in [1.29, 1.82) is 0 Å². The summed E-state index contributed by atoms with van der Waals surface area (Å²) in [5.74, 6) is 0.657. The largest absolute Gasteiger partial charge is 0.454 e. The first kappa shape index (κ1) is 19.0. The fourth-order valence-corrected chi connectivity index (χ4v) is 4.67. The van der Waals surface area contributed by atoms with Crippen molar-refractivity contribution in [3.05, 3.63) is 77.4 Å². The second kappa shape index (κ2) is 6.93. The number of ether oxygens (including phenoxy) is 1. The molecule has 0 fully saturated rings. The maximum Gasteiger partial charge on any atom is 0.262 e. The van der Waals surface area contributed by atoms with E-state index >= 15 is 0 Å². The van der Waals surface area contributed by atoms with E-state index in [9.17, 15) is 13.2 Å². The first-order valence-corrected chi connectivity index (χ1v) is 10.5. The Hall–Kier alpha value is -3.32. The molecule has 3 aromatic rings. The average Bonchev–Trinajstić information content (AvgIpc) is 2.79. The number of nitrogens with zero attached hydrogens (tertiary/aromatic N) is 1. The van der Waals surface area contributed by atoms with Crippen molar-refractivity contribution in [2.75, 3.05) is 16.7 Å². The van der Waals surface area contributed by atoms with Crippen LogP contribution in [0.15, 0.2) is 65.6 Å². The number of hydrogen-bond donors (Lipinski definition) is 1. The van der Waals surface area contributed by atoms with Gasteiger partial charge >= 0.3 is 0 Å². The van der Waals surface area contributed by atoms with Crippen LogP contribution in [0.4, 0.5) is 11.4 Å². The molecule has 0 saturated heterocycles. The number of hydrogen-bond acceptors (Lipinski definition) is 4. The number of carbonyl (C=O) groups excluding carboxylic acids is 1. The summed E-state index contributed by atoms with van der Waals surface area (Å²) in [6, 6.07) is 17.2. The molecular formula is C22H20N2O4S. The van der Waals surface area contributed by atoms with Crippen LogP contribution in [-0.2, 0) is 10.0 Å². The van der Waals surface area contributed by atoms with Crippen LogP contribution in [0.5, 0.6) is 11.5 Å². The van der Waals surface area contributed by atoms with Gasteiger partial charge in [-0.1, -0.05) is 24.3 Å². The predicted molar refractivity (Wildman–Crippen MR) is 112 cm³/mol. The molecule has 0 radical (unpaired) electrons. The van der Waals surface area contributed by atoms with E-state index in [0.717, 1.165) is 5.56 Å². The van der Waals surface area contributed by atoms with Gasteiger partial charge in [-0.3, -0.25) is 9.52 Å². The second-order valence-corrected chi connectivity index (χ2v) is 8.67. The lowest BCUT2D eigenvalue weighted by molar-refractivity contribution is 0.0993. The molecule has 1 aliphatic rings. The normalized spacial score (nSPS) is 13.2. The van der Waals surface area contributed by atoms with Crippen LogP contribution in [0, 0.1) is 13.8 Å². The SMILES string of the molecule is Cc1ccc(C)c(S(=O)(=O)Nc2ccc3c(c2)C(=O)N(C)c2ccccc2O3)c1. The first-order valence-electron chi connectivity index (χ1n) is 9.05. The minimum Gasteiger partial charge on any atom is -0.454 e. The number of carbonyl (C=O) groups is 1. The second-order valence-electron chi connectivity index (χ2n) is 7.02. The third-order valence-electron chi connectivity index (χ3n) is 4.85. The van der Waals surface area contributed by atoms with E-state index in [-0.39, 0.29) is 16.4 Å². The Balaban J connectivity index is 1.72. The highest BCUT2D eigenvalue weighted by Crippen LogP contribution is 2.39. The highest BCUT2D eigenvalue weighted by atomic mass is 32.2. The predicted octanol–water partition coefficient (Wildman–Crippen LogP) is 4.49. The van der Waals surface area contributed by atoms with E-state index in [1.54, 1.807) is 50.4 Å². The van der Waals surface area contributed by atoms with Gasteiger partial charge in [0.15, 0.2) is 5.75 Å². The molecule has 3 aromatic carbocycles. The maximum atomic E-state index is 13.0. The summed E-state index contributed by atoms with van der Waals surface area (Å²) < 4.78 is 34.3. The van der Waals surface area contributed by atoms with E-state index in [2.05, 4.69) is 4.72 Å². The smallest absolute Gasteiger partial charge is 0.262 e. The van der Waals surface area contributed by atoms with E-state index in [0.29, 0.717) is 28.4 Å². The number of anilines is 2. The molecule has 7 heteroatoms. The van der Waals surface area contributed by atoms with Gasteiger partial charge in [0.25, 0.3) is 15.9 Å². The molecule has 1 aliphatic heterocycles. The summed E-state index contributed by atoms with van der Waals surface area (Å²) in [6.45, 7) is 3.58. The third kappa shape index (κ3) is 3.45. The van der Waals surface area contributed by atoms with Crippen molar-refractivity contribution in [2.45, 2.75) is 18.7 Å². The van der Waals surface area contributed by atoms with Crippen LogP contribution >= 0.6 is 0 Å². The van der Waals surface area contributed by atoms with Crippen LogP contribution in [-0.4, -0.2) is 21.4 Å². The molecular weight excluding hydrogens is 388 g/mol. The Morgan fingerprint density at radius 3 is 2.48 bits per heavy atom. The van der Waals surface area contributed by atoms with Gasteiger partial charge in [-0.2, -0.15) is 0 Å². The lowest BCUT2D eigenvalue weighted by Crippen LogP contribution is -2.25. The van der Waals surface area contributed by atoms with E-state index in [1.807, 2.05) is 25.1 Å². The number of amides is 1. The first-order chi connectivity index (χ1) is 13.8. The third-order valence-corrected chi connectivity index (χ3v) is 6.37. The van der Waals surface area contributed by atoms with Gasteiger partial charge in [0, 0.05) is 12.7 Å². The van der Waals surface area contributed by atoms with Crippen molar-refractivity contribution >= 4 is 27.3 Å². The highest BCUT2D eigenvalue weighted by Gasteiger charge is 2.26. The quantitative estimate of drug-likeness (QED) is 0.693. The molecule has 0 aromatic heterocycles. The number of benzene rings is 3. The highest BCUT2D eigenvalue weighted by molar-refractivity contribution is 7.92. The van der Waals surface area contributed by atoms with E-state index in [1.165, 1.54) is 11.0 Å². The zero-order chi connectivity index (χ0) is 20.8. The van der Waals surface area contributed by atoms with Crippen LogP contribution in [0.25, 0.3) is 0 Å². The van der Waals surface area contributed by atoms with Crippen LogP contribution in [0.1, 0.15) is 21.5 Å². The zero-order valence-corrected chi connectivity index (χ0v) is 17.1. The molecule has 148 valence electrons. The minimum absolute atomic E-state index is 0.208. The van der Waals surface area contributed by atoms with Gasteiger partial charge in [0.1, 0.15) is 5.75 Å². The average molecular weight is 408 g/mol. The Morgan fingerprint density at radius 2 is 1.69 bits per heavy atom. The van der Waals surface area contributed by atoms with Crippen LogP contribution in [0.2, 0.25) is 0 Å². The zero-order valence-electron chi connectivity index (χ0n) is 16.3. The summed E-state index contributed by atoms with van der Waals surface area (Å²) in [6.07, 6.45) is 0. The molecule has 1 heterocycles. The van der Waals surface area contributed by atoms with Crippen LogP contribution < -0.4 is 14.4 Å². The number of nitrogens with one attached hydrogen (secondary N) is 1. The van der Waals surface area contributed by atoms with Crippen molar-refractivity contribution in [1.82, 2.24) is 0 Å². The monoisotopic (exact) mass is 408 g/mol. The fourth-order valence-electron chi connectivity index (χ4n) is 3.29. The summed E-state index contributed by atoms with van der Waals surface area (Å²) in [4.78, 5) is 14.7.